The van der Waals surface area contributed by atoms with Crippen molar-refractivity contribution in [2.24, 2.45) is 0 Å². The monoisotopic (exact) mass is 191 g/mol. The molecule has 0 aromatic heterocycles. The van der Waals surface area contributed by atoms with Gasteiger partial charge in [0.15, 0.2) is 0 Å². The van der Waals surface area contributed by atoms with E-state index in [0.717, 1.165) is 19.8 Å². The summed E-state index contributed by atoms with van der Waals surface area (Å²) in [4.78, 5) is 0. The summed E-state index contributed by atoms with van der Waals surface area (Å²) in [6.45, 7) is 2.73. The van der Waals surface area contributed by atoms with E-state index in [9.17, 15) is 0 Å². The molecule has 76 valence electrons. The molecule has 1 N–H and O–H groups in total. The fourth-order valence-electron chi connectivity index (χ4n) is 1.79. The van der Waals surface area contributed by atoms with Crippen LogP contribution in [0.4, 0.5) is 0 Å². The zero-order valence-electron chi connectivity index (χ0n) is 8.41. The van der Waals surface area contributed by atoms with Crippen molar-refractivity contribution >= 4 is 0 Å². The molecular weight excluding hydrogens is 174 g/mol. The van der Waals surface area contributed by atoms with Crippen molar-refractivity contribution in [2.75, 3.05) is 13.2 Å². The molecule has 0 saturated carbocycles. The second-order valence-corrected chi connectivity index (χ2v) is 3.79. The Hall–Kier alpha value is -0.860. The average molecular weight is 191 g/mol. The van der Waals surface area contributed by atoms with E-state index in [1.807, 2.05) is 18.2 Å². The van der Waals surface area contributed by atoms with Gasteiger partial charge in [-0.25, -0.2) is 0 Å². The maximum Gasteiger partial charge on any atom is 0.0717 e. The zero-order valence-corrected chi connectivity index (χ0v) is 8.41. The molecule has 1 aromatic rings. The Kier molecular flexibility index (Phi) is 3.55. The van der Waals surface area contributed by atoms with E-state index >= 15 is 0 Å². The molecule has 1 aliphatic rings. The van der Waals surface area contributed by atoms with E-state index in [0.29, 0.717) is 6.04 Å². The SMILES string of the molecule is c1ccc(COC[C@H]2CCCN2)cc1. The lowest BCUT2D eigenvalue weighted by molar-refractivity contribution is 0.103. The molecule has 2 nitrogen and oxygen atoms in total. The number of rotatable bonds is 4. The largest absolute Gasteiger partial charge is 0.375 e. The van der Waals surface area contributed by atoms with Crippen molar-refractivity contribution in [1.82, 2.24) is 5.32 Å². The number of hydrogen-bond donors (Lipinski definition) is 1. The first kappa shape index (κ1) is 9.69. The van der Waals surface area contributed by atoms with E-state index in [1.165, 1.54) is 18.4 Å². The summed E-state index contributed by atoms with van der Waals surface area (Å²) in [7, 11) is 0. The second kappa shape index (κ2) is 5.13. The van der Waals surface area contributed by atoms with Crippen LogP contribution in [0.15, 0.2) is 30.3 Å². The predicted molar refractivity (Wildman–Crippen MR) is 57.1 cm³/mol. The van der Waals surface area contributed by atoms with Crippen molar-refractivity contribution in [3.63, 3.8) is 0 Å². The Morgan fingerprint density at radius 3 is 2.86 bits per heavy atom. The first-order valence-electron chi connectivity index (χ1n) is 5.30. The molecular formula is C12H17NO. The minimum absolute atomic E-state index is 0.582. The van der Waals surface area contributed by atoms with Gasteiger partial charge in [-0.2, -0.15) is 0 Å². The molecule has 0 aliphatic carbocycles. The lowest BCUT2D eigenvalue weighted by atomic mass is 10.2. The first-order valence-corrected chi connectivity index (χ1v) is 5.30. The van der Waals surface area contributed by atoms with Crippen molar-refractivity contribution in [1.29, 1.82) is 0 Å². The van der Waals surface area contributed by atoms with Crippen LogP contribution in [0.5, 0.6) is 0 Å². The van der Waals surface area contributed by atoms with Gasteiger partial charge in [-0.1, -0.05) is 30.3 Å². The standard InChI is InChI=1S/C12H17NO/c1-2-5-11(6-3-1)9-14-10-12-7-4-8-13-12/h1-3,5-6,12-13H,4,7-10H2/t12-/m1/s1. The zero-order chi connectivity index (χ0) is 9.64. The van der Waals surface area contributed by atoms with Crippen molar-refractivity contribution in [3.8, 4) is 0 Å². The molecule has 0 spiro atoms. The number of benzene rings is 1. The van der Waals surface area contributed by atoms with Crippen LogP contribution in [0.1, 0.15) is 18.4 Å². The summed E-state index contributed by atoms with van der Waals surface area (Å²) in [5.41, 5.74) is 1.26. The second-order valence-electron chi connectivity index (χ2n) is 3.79. The van der Waals surface area contributed by atoms with E-state index in [4.69, 9.17) is 4.74 Å². The summed E-state index contributed by atoms with van der Waals surface area (Å²) in [6, 6.07) is 10.9. The lowest BCUT2D eigenvalue weighted by Gasteiger charge is -2.10. The summed E-state index contributed by atoms with van der Waals surface area (Å²) in [5.74, 6) is 0. The predicted octanol–water partition coefficient (Wildman–Crippen LogP) is 1.96. The molecule has 2 heteroatoms. The summed E-state index contributed by atoms with van der Waals surface area (Å²) >= 11 is 0. The minimum atomic E-state index is 0.582. The van der Waals surface area contributed by atoms with Gasteiger partial charge in [0.05, 0.1) is 13.2 Å². The maximum atomic E-state index is 5.64. The van der Waals surface area contributed by atoms with Gasteiger partial charge in [-0.3, -0.25) is 0 Å². The molecule has 14 heavy (non-hydrogen) atoms. The van der Waals surface area contributed by atoms with Crippen molar-refractivity contribution < 1.29 is 4.74 Å². The summed E-state index contributed by atoms with van der Waals surface area (Å²) < 4.78 is 5.64. The topological polar surface area (TPSA) is 21.3 Å². The highest BCUT2D eigenvalue weighted by molar-refractivity contribution is 5.13. The maximum absolute atomic E-state index is 5.64. The quantitative estimate of drug-likeness (QED) is 0.785. The molecule has 1 heterocycles. The van der Waals surface area contributed by atoms with Crippen LogP contribution in [0.25, 0.3) is 0 Å². The highest BCUT2D eigenvalue weighted by atomic mass is 16.5. The van der Waals surface area contributed by atoms with E-state index in [-0.39, 0.29) is 0 Å². The highest BCUT2D eigenvalue weighted by Gasteiger charge is 2.13. The van der Waals surface area contributed by atoms with Gasteiger partial charge in [0, 0.05) is 6.04 Å². The van der Waals surface area contributed by atoms with Gasteiger partial charge < -0.3 is 10.1 Å². The molecule has 0 unspecified atom stereocenters. The Morgan fingerprint density at radius 2 is 2.14 bits per heavy atom. The molecule has 1 aromatic carbocycles. The van der Waals surface area contributed by atoms with E-state index < -0.39 is 0 Å². The van der Waals surface area contributed by atoms with Crippen LogP contribution in [0.3, 0.4) is 0 Å². The third kappa shape index (κ3) is 2.82. The fourth-order valence-corrected chi connectivity index (χ4v) is 1.79. The molecule has 2 rings (SSSR count). The smallest absolute Gasteiger partial charge is 0.0717 e. The molecule has 1 saturated heterocycles. The van der Waals surface area contributed by atoms with Crippen LogP contribution in [0.2, 0.25) is 0 Å². The van der Waals surface area contributed by atoms with Gasteiger partial charge in [0.25, 0.3) is 0 Å². The van der Waals surface area contributed by atoms with Crippen LogP contribution < -0.4 is 5.32 Å². The molecule has 0 radical (unpaired) electrons. The molecule has 0 bridgehead atoms. The fraction of sp³-hybridized carbons (Fsp3) is 0.500. The molecule has 1 aliphatic heterocycles. The average Bonchev–Trinajstić information content (AvgIpc) is 2.72. The molecule has 1 atom stereocenters. The van der Waals surface area contributed by atoms with Gasteiger partial charge >= 0.3 is 0 Å². The van der Waals surface area contributed by atoms with Crippen LogP contribution in [-0.2, 0) is 11.3 Å². The van der Waals surface area contributed by atoms with E-state index in [2.05, 4.69) is 17.4 Å². The van der Waals surface area contributed by atoms with Crippen LogP contribution in [-0.4, -0.2) is 19.2 Å². The van der Waals surface area contributed by atoms with Crippen molar-refractivity contribution in [2.45, 2.75) is 25.5 Å². The molecule has 1 fully saturated rings. The normalized spacial score (nSPS) is 21.3. The lowest BCUT2D eigenvalue weighted by Crippen LogP contribution is -2.26. The first-order chi connectivity index (χ1) is 6.95. The van der Waals surface area contributed by atoms with Crippen LogP contribution >= 0.6 is 0 Å². The van der Waals surface area contributed by atoms with Crippen molar-refractivity contribution in [3.05, 3.63) is 35.9 Å². The summed E-state index contributed by atoms with van der Waals surface area (Å²) in [6.07, 6.45) is 2.55. The van der Waals surface area contributed by atoms with Gasteiger partial charge in [0.1, 0.15) is 0 Å². The Labute approximate surface area is 85.3 Å². The number of ether oxygens (including phenoxy) is 1. The Morgan fingerprint density at radius 1 is 1.29 bits per heavy atom. The Balaban J connectivity index is 1.67. The van der Waals surface area contributed by atoms with Gasteiger partial charge in [0.2, 0.25) is 0 Å². The Bertz CT molecular complexity index is 254. The number of nitrogens with one attached hydrogen (secondary N) is 1. The number of hydrogen-bond acceptors (Lipinski definition) is 2. The highest BCUT2D eigenvalue weighted by Crippen LogP contribution is 2.07. The van der Waals surface area contributed by atoms with Gasteiger partial charge in [-0.15, -0.1) is 0 Å². The summed E-state index contributed by atoms with van der Waals surface area (Å²) in [5, 5.41) is 3.42. The van der Waals surface area contributed by atoms with Gasteiger partial charge in [-0.05, 0) is 24.9 Å². The third-order valence-corrected chi connectivity index (χ3v) is 2.59. The minimum Gasteiger partial charge on any atom is -0.375 e. The third-order valence-electron chi connectivity index (χ3n) is 2.59. The van der Waals surface area contributed by atoms with Crippen LogP contribution in [0, 0.1) is 0 Å². The molecule has 0 amide bonds. The van der Waals surface area contributed by atoms with E-state index in [1.54, 1.807) is 0 Å².